The van der Waals surface area contributed by atoms with E-state index in [0.29, 0.717) is 17.5 Å². The minimum atomic E-state index is 0.607. The number of para-hydroxylation sites is 2. The number of furan rings is 1. The molecule has 236 valence electrons. The zero-order valence-electron chi connectivity index (χ0n) is 27.1. The fraction of sp³-hybridized carbons (Fsp3) is 0.0444. The number of hydrogen-bond donors (Lipinski definition) is 0. The summed E-state index contributed by atoms with van der Waals surface area (Å²) in [6.07, 6.45) is 6.83. The molecule has 0 aliphatic heterocycles. The topological polar surface area (TPSA) is 56.7 Å². The Bertz CT molecular complexity index is 2800. The van der Waals surface area contributed by atoms with Gasteiger partial charge in [-0.2, -0.15) is 0 Å². The molecular weight excluding hydrogens is 613 g/mol. The zero-order valence-corrected chi connectivity index (χ0v) is 27.1. The molecule has 10 rings (SSSR count). The first kappa shape index (κ1) is 28.4. The van der Waals surface area contributed by atoms with E-state index in [2.05, 4.69) is 89.5 Å². The standard InChI is InChI=1S/C45H30N4O/c1-4-14-29(15-5-1)43-46-44(30-16-6-2-7-17-30)48-45(47-43)36-26-25-33(42-41(36)35-21-11-13-23-40(35)50-42)31-24-27-39-37(28-31)34-20-10-12-22-38(34)49(39)32-18-8-3-9-19-32/h1-9,11,13-28H,10,12H2. The molecule has 0 amide bonds. The minimum absolute atomic E-state index is 0.607. The molecular formula is C45H30N4O. The Morgan fingerprint density at radius 2 is 1.12 bits per heavy atom. The van der Waals surface area contributed by atoms with Gasteiger partial charge in [-0.05, 0) is 60.9 Å². The molecule has 0 saturated carbocycles. The minimum Gasteiger partial charge on any atom is -0.455 e. The van der Waals surface area contributed by atoms with E-state index in [1.807, 2.05) is 72.8 Å². The van der Waals surface area contributed by atoms with Crippen molar-refractivity contribution in [2.75, 3.05) is 0 Å². The summed E-state index contributed by atoms with van der Waals surface area (Å²) in [5.74, 6) is 1.87. The summed E-state index contributed by atoms with van der Waals surface area (Å²) in [6, 6.07) is 50.2. The van der Waals surface area contributed by atoms with Crippen LogP contribution in [0, 0.1) is 0 Å². The third-order valence-electron chi connectivity index (χ3n) is 9.69. The fourth-order valence-corrected chi connectivity index (χ4v) is 7.39. The van der Waals surface area contributed by atoms with E-state index in [1.54, 1.807) is 0 Å². The third-order valence-corrected chi connectivity index (χ3v) is 9.69. The molecule has 0 N–H and O–H groups in total. The predicted octanol–water partition coefficient (Wildman–Crippen LogP) is 9.74. The van der Waals surface area contributed by atoms with Gasteiger partial charge in [-0.15, -0.1) is 0 Å². The largest absolute Gasteiger partial charge is 0.455 e. The first-order chi connectivity index (χ1) is 24.8. The van der Waals surface area contributed by atoms with Crippen LogP contribution in [0.25, 0.3) is 96.0 Å². The summed E-state index contributed by atoms with van der Waals surface area (Å²) in [4.78, 5) is 15.1. The van der Waals surface area contributed by atoms with Crippen LogP contribution in [0.1, 0.15) is 12.8 Å². The molecule has 5 heteroatoms. The Morgan fingerprint density at radius 3 is 1.86 bits per heavy atom. The smallest absolute Gasteiger partial charge is 0.164 e. The number of fused-ring (bicyclic) bond motifs is 6. The maximum atomic E-state index is 6.74. The van der Waals surface area contributed by atoms with Gasteiger partial charge >= 0.3 is 0 Å². The van der Waals surface area contributed by atoms with Crippen LogP contribution in [0.4, 0.5) is 0 Å². The summed E-state index contributed by atoms with van der Waals surface area (Å²) >= 11 is 0. The van der Waals surface area contributed by atoms with Crippen LogP contribution >= 0.6 is 0 Å². The summed E-state index contributed by atoms with van der Waals surface area (Å²) in [7, 11) is 0. The van der Waals surface area contributed by atoms with E-state index in [-0.39, 0.29) is 0 Å². The van der Waals surface area contributed by atoms with E-state index in [1.165, 1.54) is 27.2 Å². The van der Waals surface area contributed by atoms with Gasteiger partial charge in [-0.25, -0.2) is 15.0 Å². The quantitative estimate of drug-likeness (QED) is 0.188. The molecule has 0 bridgehead atoms. The van der Waals surface area contributed by atoms with Gasteiger partial charge in [-0.1, -0.05) is 115 Å². The van der Waals surface area contributed by atoms with Crippen LogP contribution in [0.2, 0.25) is 0 Å². The molecule has 0 spiro atoms. The van der Waals surface area contributed by atoms with Crippen LogP contribution in [-0.2, 0) is 0 Å². The molecule has 1 aliphatic rings. The van der Waals surface area contributed by atoms with Gasteiger partial charge in [0, 0.05) is 54.7 Å². The second-order valence-electron chi connectivity index (χ2n) is 12.7. The molecule has 0 saturated heterocycles. The van der Waals surface area contributed by atoms with Gasteiger partial charge in [0.15, 0.2) is 17.5 Å². The molecule has 9 aromatic rings. The lowest BCUT2D eigenvalue weighted by molar-refractivity contribution is 0.670. The molecule has 1 aliphatic carbocycles. The third kappa shape index (κ3) is 4.59. The van der Waals surface area contributed by atoms with Crippen molar-refractivity contribution in [3.63, 3.8) is 0 Å². The van der Waals surface area contributed by atoms with Crippen molar-refractivity contribution in [2.24, 2.45) is 0 Å². The molecule has 3 aromatic heterocycles. The van der Waals surface area contributed by atoms with Crippen molar-refractivity contribution in [3.05, 3.63) is 156 Å². The number of benzene rings is 6. The van der Waals surface area contributed by atoms with Crippen LogP contribution in [0.5, 0.6) is 0 Å². The molecule has 50 heavy (non-hydrogen) atoms. The molecule has 3 heterocycles. The molecule has 0 fully saturated rings. The first-order valence-corrected chi connectivity index (χ1v) is 17.0. The lowest BCUT2D eigenvalue weighted by atomic mass is 9.97. The average molecular weight is 643 g/mol. The van der Waals surface area contributed by atoms with E-state index < -0.39 is 0 Å². The summed E-state index contributed by atoms with van der Waals surface area (Å²) < 4.78 is 9.13. The fourth-order valence-electron chi connectivity index (χ4n) is 7.39. The van der Waals surface area contributed by atoms with Gasteiger partial charge in [0.2, 0.25) is 0 Å². The highest BCUT2D eigenvalue weighted by Crippen LogP contribution is 2.42. The van der Waals surface area contributed by atoms with Gasteiger partial charge in [0.25, 0.3) is 0 Å². The Labute approximate surface area is 288 Å². The van der Waals surface area contributed by atoms with Gasteiger partial charge in [-0.3, -0.25) is 0 Å². The molecule has 0 unspecified atom stereocenters. The molecule has 0 radical (unpaired) electrons. The van der Waals surface area contributed by atoms with Crippen LogP contribution in [-0.4, -0.2) is 19.5 Å². The molecule has 5 nitrogen and oxygen atoms in total. The van der Waals surface area contributed by atoms with Crippen molar-refractivity contribution in [1.82, 2.24) is 19.5 Å². The van der Waals surface area contributed by atoms with Gasteiger partial charge < -0.3 is 8.98 Å². The van der Waals surface area contributed by atoms with Crippen molar-refractivity contribution in [3.8, 4) is 51.0 Å². The van der Waals surface area contributed by atoms with Crippen LogP contribution < -0.4 is 10.6 Å². The normalized spacial score (nSPS) is 12.6. The second-order valence-corrected chi connectivity index (χ2v) is 12.7. The Balaban J connectivity index is 1.22. The van der Waals surface area contributed by atoms with Crippen LogP contribution in [0.3, 0.4) is 0 Å². The van der Waals surface area contributed by atoms with E-state index in [0.717, 1.165) is 62.6 Å². The maximum Gasteiger partial charge on any atom is 0.164 e. The lowest BCUT2D eigenvalue weighted by Crippen LogP contribution is -2.30. The maximum absolute atomic E-state index is 6.74. The first-order valence-electron chi connectivity index (χ1n) is 17.0. The van der Waals surface area contributed by atoms with Crippen molar-refractivity contribution >= 4 is 45.0 Å². The highest BCUT2D eigenvalue weighted by molar-refractivity contribution is 6.16. The number of rotatable bonds is 5. The monoisotopic (exact) mass is 642 g/mol. The second kappa shape index (κ2) is 11.5. The number of aromatic nitrogens is 4. The summed E-state index contributed by atoms with van der Waals surface area (Å²) in [6.45, 7) is 0. The highest BCUT2D eigenvalue weighted by atomic mass is 16.3. The van der Waals surface area contributed by atoms with Crippen molar-refractivity contribution in [1.29, 1.82) is 0 Å². The van der Waals surface area contributed by atoms with Gasteiger partial charge in [0.05, 0.1) is 5.52 Å². The Hall–Kier alpha value is -6.59. The van der Waals surface area contributed by atoms with E-state index in [9.17, 15) is 0 Å². The molecule has 6 aromatic carbocycles. The Kier molecular flexibility index (Phi) is 6.56. The molecule has 0 atom stereocenters. The van der Waals surface area contributed by atoms with Gasteiger partial charge in [0.1, 0.15) is 11.2 Å². The lowest BCUT2D eigenvalue weighted by Gasteiger charge is -2.11. The SMILES string of the molecule is C1=c2c(n(-c3ccccc3)c3ccc(-c4ccc(-c5nc(-c6ccccc6)nc(-c6ccccc6)n5)c5c4oc4ccccc45)cc23)=CCC1. The average Bonchev–Trinajstić information content (AvgIpc) is 3.75. The number of nitrogens with zero attached hydrogens (tertiary/aromatic N) is 4. The Morgan fingerprint density at radius 1 is 0.500 bits per heavy atom. The van der Waals surface area contributed by atoms with E-state index in [4.69, 9.17) is 19.4 Å². The van der Waals surface area contributed by atoms with Crippen LogP contribution in [0.15, 0.2) is 150 Å². The summed E-state index contributed by atoms with van der Waals surface area (Å²) in [5, 5.41) is 5.81. The highest BCUT2D eigenvalue weighted by Gasteiger charge is 2.21. The zero-order chi connectivity index (χ0) is 33.0. The van der Waals surface area contributed by atoms with Crippen molar-refractivity contribution < 1.29 is 4.42 Å². The predicted molar refractivity (Wildman–Crippen MR) is 203 cm³/mol. The number of hydrogen-bond acceptors (Lipinski definition) is 4. The van der Waals surface area contributed by atoms with Crippen molar-refractivity contribution in [2.45, 2.75) is 12.8 Å². The van der Waals surface area contributed by atoms with E-state index >= 15 is 0 Å². The summed E-state index contributed by atoms with van der Waals surface area (Å²) in [5.41, 5.74) is 8.92.